The number of hydrogen-bond donors (Lipinski definition) is 5. The standard InChI is InChI=1S/C16H12N6O4S.C12H7BrN4O4S.C12H7BrN4O2S.C6H3BrIN3.C6H4BrN3.CH4/c1-21-9-11(8-18-21)10-6-12-15(17-7-10)19-20-16(12)27(25,26)14-5-3-2-4-13(14)22(23)24;13-7-5-8-11(14-6-7)15-16-12(8)22(20,21)10-4-2-1-3-9(10)17(18)19;13-7-5-8-11(14-6-7)15-16-12(8)20-10-4-2-1-3-9(10)17(18)19;7-3-1-4-5(8)10-11-6(4)9-2-3;7-5-1-4-2-9-10-6(4)8-3-5;/h2-9H,1H3,(H,17,19,20);1-6H,(H,14,15,16);1-6H,(H,14,15,16);1-2H,(H,9,10,11);1-3H,(H,8,9,10);1H4. The van der Waals surface area contributed by atoms with Gasteiger partial charge >= 0.3 is 0 Å². The number of rotatable bonds is 10. The highest BCUT2D eigenvalue weighted by molar-refractivity contribution is 14.1. The molecule has 0 bridgehead atoms. The number of aromatic amines is 5. The Morgan fingerprint density at radius 2 is 0.978 bits per heavy atom. The highest BCUT2D eigenvalue weighted by atomic mass is 127. The molecule has 30 nitrogen and oxygen atoms in total. The number of fused-ring (bicyclic) bond motifs is 5. The van der Waals surface area contributed by atoms with E-state index in [9.17, 15) is 47.2 Å². The first-order chi connectivity index (χ1) is 43.1. The number of nitro benzene ring substituents is 3. The third-order valence-corrected chi connectivity index (χ3v) is 19.4. The van der Waals surface area contributed by atoms with Crippen LogP contribution in [-0.2, 0) is 26.7 Å². The van der Waals surface area contributed by atoms with Crippen LogP contribution in [0.2, 0.25) is 0 Å². The lowest BCUT2D eigenvalue weighted by atomic mass is 10.1. The Morgan fingerprint density at radius 3 is 1.55 bits per heavy atom. The molecule has 462 valence electrons. The highest BCUT2D eigenvalue weighted by Gasteiger charge is 2.32. The summed E-state index contributed by atoms with van der Waals surface area (Å²) in [7, 11) is -6.59. The predicted octanol–water partition coefficient (Wildman–Crippen LogP) is 13.0. The average molecular weight is 1660 g/mol. The topological polar surface area (TPSA) is 423 Å². The second-order valence-corrected chi connectivity index (χ2v) is 27.5. The summed E-state index contributed by atoms with van der Waals surface area (Å²) in [4.78, 5) is 51.7. The molecule has 0 radical (unpaired) electrons. The van der Waals surface area contributed by atoms with E-state index in [1.165, 1.54) is 66.5 Å². The van der Waals surface area contributed by atoms with Gasteiger partial charge < -0.3 is 0 Å². The quantitative estimate of drug-likeness (QED) is 0.0482. The van der Waals surface area contributed by atoms with Crippen molar-refractivity contribution in [2.75, 3.05) is 0 Å². The van der Waals surface area contributed by atoms with Crippen molar-refractivity contribution in [3.8, 4) is 11.1 Å². The molecule has 0 fully saturated rings. The number of nitro groups is 3. The molecular weight excluding hydrogens is 1620 g/mol. The first-order valence-electron chi connectivity index (χ1n) is 24.9. The minimum absolute atomic E-state index is 0. The smallest absolute Gasteiger partial charge is 0.275 e. The van der Waals surface area contributed by atoms with Crippen LogP contribution in [0.5, 0.6) is 0 Å². The fraction of sp³-hybridized carbons (Fsp3) is 0.0377. The maximum absolute atomic E-state index is 13.1. The Morgan fingerprint density at radius 1 is 0.505 bits per heavy atom. The molecule has 0 atom stereocenters. The number of hydrogen-bond acceptors (Lipinski definition) is 22. The van der Waals surface area contributed by atoms with E-state index in [4.69, 9.17) is 0 Å². The molecule has 0 aliphatic rings. The van der Waals surface area contributed by atoms with E-state index in [2.05, 4.69) is 167 Å². The Labute approximate surface area is 562 Å². The van der Waals surface area contributed by atoms with Crippen molar-refractivity contribution < 1.29 is 31.6 Å². The van der Waals surface area contributed by atoms with E-state index in [0.29, 0.717) is 25.6 Å². The van der Waals surface area contributed by atoms with Crippen molar-refractivity contribution >= 4 is 190 Å². The number of para-hydroxylation sites is 3. The molecule has 0 aliphatic carbocycles. The van der Waals surface area contributed by atoms with Gasteiger partial charge in [0.1, 0.15) is 8.73 Å². The second-order valence-electron chi connectivity index (χ2n) is 18.0. The molecule has 0 saturated carbocycles. The molecule has 38 heteroatoms. The fourth-order valence-corrected chi connectivity index (χ4v) is 14.0. The van der Waals surface area contributed by atoms with E-state index in [1.807, 2.05) is 18.2 Å². The summed E-state index contributed by atoms with van der Waals surface area (Å²) in [6, 6.07) is 25.9. The summed E-state index contributed by atoms with van der Waals surface area (Å²) in [5, 5.41) is 74.0. The highest BCUT2D eigenvalue weighted by Crippen LogP contribution is 2.38. The van der Waals surface area contributed by atoms with E-state index < -0.39 is 55.6 Å². The normalized spacial score (nSPS) is 11.1. The molecule has 0 saturated heterocycles. The van der Waals surface area contributed by atoms with Crippen LogP contribution in [0.15, 0.2) is 200 Å². The number of H-pyrrole nitrogens is 5. The van der Waals surface area contributed by atoms with Crippen LogP contribution < -0.4 is 0 Å². The molecule has 91 heavy (non-hydrogen) atoms. The summed E-state index contributed by atoms with van der Waals surface area (Å²) >= 11 is 16.6. The van der Waals surface area contributed by atoms with Crippen LogP contribution in [0.4, 0.5) is 17.1 Å². The number of sulfone groups is 2. The SMILES string of the molecule is Brc1cnc2[nH]ncc2c1.Brc1cnc2n[nH]c(I)c2c1.C.Cn1cc(-c2cnc3n[nH]c(S(=O)(=O)c4ccccc4[N+](=O)[O-])c3c2)cn1.O=[N+]([O-])c1ccccc1S(=O)(=O)c1[nH]nc2ncc(Br)cc12.O=[N+]([O-])c1ccccc1Sc1n[nH]c2ncc(Br)cc12. The first kappa shape index (κ1) is 66.5. The van der Waals surface area contributed by atoms with Crippen molar-refractivity contribution in [3.05, 3.63) is 205 Å². The molecule has 11 aromatic heterocycles. The van der Waals surface area contributed by atoms with Gasteiger partial charge in [-0.3, -0.25) is 60.5 Å². The monoisotopic (exact) mass is 1650 g/mol. The lowest BCUT2D eigenvalue weighted by Gasteiger charge is -2.04. The predicted molar refractivity (Wildman–Crippen MR) is 356 cm³/mol. The molecule has 11 heterocycles. The number of nitrogens with zero attached hydrogens (tertiary/aromatic N) is 15. The van der Waals surface area contributed by atoms with Gasteiger partial charge in [-0.25, -0.2) is 41.8 Å². The zero-order valence-corrected chi connectivity index (χ0v) is 55.8. The fourth-order valence-electron chi connectivity index (χ4n) is 8.14. The van der Waals surface area contributed by atoms with Crippen LogP contribution >= 0.6 is 98.1 Å². The lowest BCUT2D eigenvalue weighted by molar-refractivity contribution is -0.388. The Kier molecular flexibility index (Phi) is 20.8. The van der Waals surface area contributed by atoms with Gasteiger partial charge in [-0.15, -0.1) is 0 Å². The van der Waals surface area contributed by atoms with Gasteiger partial charge in [-0.05, 0) is 135 Å². The van der Waals surface area contributed by atoms with Crippen LogP contribution in [0, 0.1) is 34.0 Å². The second kappa shape index (κ2) is 28.5. The van der Waals surface area contributed by atoms with Crippen molar-refractivity contribution in [2.24, 2.45) is 7.05 Å². The van der Waals surface area contributed by atoms with Crippen molar-refractivity contribution in [2.45, 2.75) is 37.2 Å². The number of aryl methyl sites for hydroxylation is 1. The number of benzene rings is 3. The third-order valence-electron chi connectivity index (χ3n) is 12.2. The molecule has 0 amide bonds. The Bertz CT molecular complexity index is 5300. The van der Waals surface area contributed by atoms with Crippen LogP contribution in [0.25, 0.3) is 66.3 Å². The largest absolute Gasteiger partial charge is 0.288 e. The zero-order chi connectivity index (χ0) is 64.0. The summed E-state index contributed by atoms with van der Waals surface area (Å²) in [6.07, 6.45) is 13.3. The van der Waals surface area contributed by atoms with E-state index in [1.54, 1.807) is 79.4 Å². The lowest BCUT2D eigenvalue weighted by Crippen LogP contribution is -2.06. The van der Waals surface area contributed by atoms with Crippen LogP contribution in [-0.4, -0.2) is 117 Å². The molecular formula is C53H37Br4IN20O10S3. The molecule has 14 aromatic rings. The molecule has 3 aromatic carbocycles. The van der Waals surface area contributed by atoms with Gasteiger partial charge in [0, 0.05) is 96.8 Å². The average Bonchev–Trinajstić information content (AvgIpc) is 1.79. The van der Waals surface area contributed by atoms with Crippen molar-refractivity contribution in [1.29, 1.82) is 0 Å². The number of nitrogens with one attached hydrogen (secondary N) is 5. The van der Waals surface area contributed by atoms with E-state index in [0.717, 1.165) is 62.3 Å². The molecule has 0 aliphatic heterocycles. The third kappa shape index (κ3) is 15.0. The number of aromatic nitrogens is 17. The Hall–Kier alpha value is -8.93. The molecule has 14 rings (SSSR count). The Balaban J connectivity index is 0.000000140. The minimum Gasteiger partial charge on any atom is -0.275 e. The van der Waals surface area contributed by atoms with Gasteiger partial charge in [-0.2, -0.15) is 30.6 Å². The summed E-state index contributed by atoms with van der Waals surface area (Å²) in [5.74, 6) is 0. The number of pyridine rings is 5. The molecule has 5 N–H and O–H groups in total. The van der Waals surface area contributed by atoms with Crippen molar-refractivity contribution in [3.63, 3.8) is 0 Å². The molecule has 0 unspecified atom stereocenters. The summed E-state index contributed by atoms with van der Waals surface area (Å²) in [6.45, 7) is 0. The van der Waals surface area contributed by atoms with Crippen molar-refractivity contribution in [1.82, 2.24) is 85.7 Å². The minimum atomic E-state index is -4.21. The van der Waals surface area contributed by atoms with Gasteiger partial charge in [0.05, 0.1) is 53.6 Å². The van der Waals surface area contributed by atoms with Gasteiger partial charge in [0.2, 0.25) is 19.7 Å². The first-order valence-corrected chi connectivity index (χ1v) is 32.9. The van der Waals surface area contributed by atoms with Gasteiger partial charge in [0.15, 0.2) is 48.1 Å². The van der Waals surface area contributed by atoms with Crippen LogP contribution in [0.1, 0.15) is 7.43 Å². The van der Waals surface area contributed by atoms with Crippen LogP contribution in [0.3, 0.4) is 0 Å². The maximum atomic E-state index is 13.1. The maximum Gasteiger partial charge on any atom is 0.288 e. The zero-order valence-electron chi connectivity index (χ0n) is 44.8. The molecule has 0 spiro atoms. The van der Waals surface area contributed by atoms with Gasteiger partial charge in [-0.1, -0.05) is 55.6 Å². The van der Waals surface area contributed by atoms with E-state index >= 15 is 0 Å². The van der Waals surface area contributed by atoms with E-state index in [-0.39, 0.29) is 45.2 Å². The summed E-state index contributed by atoms with van der Waals surface area (Å²) in [5.41, 5.74) is 3.11. The van der Waals surface area contributed by atoms with Gasteiger partial charge in [0.25, 0.3) is 17.1 Å². The summed E-state index contributed by atoms with van der Waals surface area (Å²) < 4.78 is 57.6. The number of halogens is 5.